The van der Waals surface area contributed by atoms with Crippen LogP contribution in [0.4, 0.5) is 5.69 Å². The second kappa shape index (κ2) is 5.23. The molecule has 0 bridgehead atoms. The molecule has 0 unspecified atom stereocenters. The lowest BCUT2D eigenvalue weighted by Crippen LogP contribution is -2.17. The molecule has 0 radical (unpaired) electrons. The van der Waals surface area contributed by atoms with Crippen LogP contribution in [0, 0.1) is 0 Å². The summed E-state index contributed by atoms with van der Waals surface area (Å²) in [4.78, 5) is 28.5. The highest BCUT2D eigenvalue weighted by molar-refractivity contribution is 7.89. The molecule has 1 heterocycles. The molecule has 0 spiro atoms. The Kier molecular flexibility index (Phi) is 3.63. The summed E-state index contributed by atoms with van der Waals surface area (Å²) >= 11 is 0. The monoisotopic (exact) mass is 294 g/mol. The molecular weight excluding hydrogens is 284 g/mol. The zero-order chi connectivity index (χ0) is 14.8. The van der Waals surface area contributed by atoms with Crippen LogP contribution in [0.5, 0.6) is 0 Å². The van der Waals surface area contributed by atoms with Gasteiger partial charge in [-0.05, 0) is 18.2 Å². The molecule has 9 heteroatoms. The van der Waals surface area contributed by atoms with Crippen LogP contribution in [0.3, 0.4) is 0 Å². The lowest BCUT2D eigenvalue weighted by atomic mass is 10.3. The van der Waals surface area contributed by atoms with Gasteiger partial charge in [0.2, 0.25) is 10.0 Å². The first-order valence-electron chi connectivity index (χ1n) is 5.35. The van der Waals surface area contributed by atoms with Crippen molar-refractivity contribution in [2.24, 2.45) is 5.14 Å². The molecule has 2 rings (SSSR count). The molecule has 4 N–H and O–H groups in total. The molecule has 2 aromatic rings. The minimum Gasteiger partial charge on any atom is -0.325 e. The Balaban J connectivity index is 2.24. The first kappa shape index (κ1) is 13.9. The summed E-state index contributed by atoms with van der Waals surface area (Å²) in [5.74, 6) is -0.590. The third kappa shape index (κ3) is 3.28. The van der Waals surface area contributed by atoms with Gasteiger partial charge in [0.1, 0.15) is 5.69 Å². The number of hydrogen-bond donors (Lipinski definition) is 3. The third-order valence-corrected chi connectivity index (χ3v) is 3.24. The van der Waals surface area contributed by atoms with Gasteiger partial charge in [0.05, 0.1) is 11.1 Å². The Morgan fingerprint density at radius 1 is 1.35 bits per heavy atom. The summed E-state index contributed by atoms with van der Waals surface area (Å²) in [6, 6.07) is 5.47. The van der Waals surface area contributed by atoms with Crippen molar-refractivity contribution in [1.29, 1.82) is 0 Å². The van der Waals surface area contributed by atoms with Crippen LogP contribution in [0.25, 0.3) is 0 Å². The number of H-pyrrole nitrogens is 1. The molecular formula is C11H10N4O4S. The molecule has 0 saturated carbocycles. The number of primary sulfonamides is 1. The molecule has 0 saturated heterocycles. The average molecular weight is 294 g/mol. The Labute approximate surface area is 113 Å². The number of amides is 1. The predicted molar refractivity (Wildman–Crippen MR) is 70.6 cm³/mol. The van der Waals surface area contributed by atoms with E-state index < -0.39 is 21.5 Å². The van der Waals surface area contributed by atoms with Crippen molar-refractivity contribution < 1.29 is 13.2 Å². The Morgan fingerprint density at radius 3 is 2.70 bits per heavy atom. The number of nitrogens with two attached hydrogens (primary N) is 1. The zero-order valence-corrected chi connectivity index (χ0v) is 10.8. The van der Waals surface area contributed by atoms with Crippen LogP contribution in [0.2, 0.25) is 0 Å². The second-order valence-electron chi connectivity index (χ2n) is 3.82. The van der Waals surface area contributed by atoms with Gasteiger partial charge >= 0.3 is 0 Å². The Hall–Kier alpha value is -2.52. The molecule has 20 heavy (non-hydrogen) atoms. The van der Waals surface area contributed by atoms with E-state index in [9.17, 15) is 18.0 Å². The fraction of sp³-hybridized carbons (Fsp3) is 0. The van der Waals surface area contributed by atoms with Gasteiger partial charge in [0.25, 0.3) is 11.5 Å². The van der Waals surface area contributed by atoms with E-state index in [1.165, 1.54) is 24.3 Å². The third-order valence-electron chi connectivity index (χ3n) is 2.33. The molecule has 0 fully saturated rings. The van der Waals surface area contributed by atoms with E-state index >= 15 is 0 Å². The van der Waals surface area contributed by atoms with Crippen LogP contribution in [-0.4, -0.2) is 24.3 Å². The number of rotatable bonds is 3. The fourth-order valence-electron chi connectivity index (χ4n) is 1.41. The molecule has 0 aliphatic rings. The van der Waals surface area contributed by atoms with Crippen molar-refractivity contribution >= 4 is 21.6 Å². The van der Waals surface area contributed by atoms with E-state index in [4.69, 9.17) is 5.14 Å². The van der Waals surface area contributed by atoms with Gasteiger partial charge in [-0.3, -0.25) is 9.59 Å². The maximum absolute atomic E-state index is 11.8. The first-order chi connectivity index (χ1) is 9.36. The molecule has 8 nitrogen and oxygen atoms in total. The minimum atomic E-state index is -3.85. The van der Waals surface area contributed by atoms with Crippen LogP contribution in [-0.2, 0) is 10.0 Å². The Morgan fingerprint density at radius 2 is 2.10 bits per heavy atom. The average Bonchev–Trinajstić information content (AvgIpc) is 2.38. The largest absolute Gasteiger partial charge is 0.325 e. The van der Waals surface area contributed by atoms with Crippen molar-refractivity contribution in [2.75, 3.05) is 5.32 Å². The van der Waals surface area contributed by atoms with E-state index in [0.717, 1.165) is 12.4 Å². The summed E-state index contributed by atoms with van der Waals surface area (Å²) in [5.41, 5.74) is -0.196. The van der Waals surface area contributed by atoms with Gasteiger partial charge < -0.3 is 10.3 Å². The molecule has 1 aromatic carbocycles. The van der Waals surface area contributed by atoms with Crippen LogP contribution >= 0.6 is 0 Å². The number of sulfonamides is 1. The van der Waals surface area contributed by atoms with Crippen molar-refractivity contribution in [1.82, 2.24) is 9.97 Å². The number of carbonyl (C=O) groups is 1. The number of nitrogens with one attached hydrogen (secondary N) is 2. The number of anilines is 1. The van der Waals surface area contributed by atoms with E-state index in [-0.39, 0.29) is 16.3 Å². The van der Waals surface area contributed by atoms with Crippen molar-refractivity contribution in [3.63, 3.8) is 0 Å². The summed E-state index contributed by atoms with van der Waals surface area (Å²) in [6.45, 7) is 0. The highest BCUT2D eigenvalue weighted by Crippen LogP contribution is 2.14. The smallest absolute Gasteiger partial charge is 0.275 e. The van der Waals surface area contributed by atoms with Gasteiger partial charge in [-0.15, -0.1) is 0 Å². The zero-order valence-electron chi connectivity index (χ0n) is 10.0. The van der Waals surface area contributed by atoms with E-state index in [1.807, 2.05) is 0 Å². The normalized spacial score (nSPS) is 11.1. The maximum atomic E-state index is 11.8. The molecule has 0 aliphatic heterocycles. The summed E-state index contributed by atoms with van der Waals surface area (Å²) in [6.07, 6.45) is 2.12. The van der Waals surface area contributed by atoms with Crippen molar-refractivity contribution in [3.8, 4) is 0 Å². The quantitative estimate of drug-likeness (QED) is 0.712. The van der Waals surface area contributed by atoms with Gasteiger partial charge in [0, 0.05) is 11.9 Å². The van der Waals surface area contributed by atoms with Gasteiger partial charge in [-0.1, -0.05) is 6.07 Å². The van der Waals surface area contributed by atoms with E-state index in [2.05, 4.69) is 15.3 Å². The SMILES string of the molecule is NS(=O)(=O)c1cccc(NC(=O)c2c[nH]c(=O)cn2)c1. The maximum Gasteiger partial charge on any atom is 0.275 e. The predicted octanol–water partition coefficient (Wildman–Crippen LogP) is -0.330. The number of carbonyl (C=O) groups excluding carboxylic acids is 1. The summed E-state index contributed by atoms with van der Waals surface area (Å²) in [5, 5.41) is 7.44. The minimum absolute atomic E-state index is 0.00870. The lowest BCUT2D eigenvalue weighted by Gasteiger charge is -2.05. The van der Waals surface area contributed by atoms with E-state index in [1.54, 1.807) is 0 Å². The number of nitrogens with zero attached hydrogens (tertiary/aromatic N) is 1. The second-order valence-corrected chi connectivity index (χ2v) is 5.38. The van der Waals surface area contributed by atoms with Crippen LogP contribution < -0.4 is 16.0 Å². The molecule has 1 amide bonds. The topological polar surface area (TPSA) is 135 Å². The van der Waals surface area contributed by atoms with Crippen molar-refractivity contribution in [3.05, 3.63) is 52.7 Å². The number of aromatic amines is 1. The summed E-state index contributed by atoms with van der Waals surface area (Å²) in [7, 11) is -3.85. The van der Waals surface area contributed by atoms with Gasteiger partial charge in [-0.25, -0.2) is 18.5 Å². The van der Waals surface area contributed by atoms with Crippen LogP contribution in [0.1, 0.15) is 10.5 Å². The lowest BCUT2D eigenvalue weighted by molar-refractivity contribution is 0.102. The molecule has 0 aliphatic carbocycles. The number of hydrogen-bond acceptors (Lipinski definition) is 5. The fourth-order valence-corrected chi connectivity index (χ4v) is 1.97. The molecule has 0 atom stereocenters. The van der Waals surface area contributed by atoms with Crippen molar-refractivity contribution in [2.45, 2.75) is 4.90 Å². The molecule has 1 aromatic heterocycles. The van der Waals surface area contributed by atoms with E-state index in [0.29, 0.717) is 0 Å². The number of aromatic nitrogens is 2. The Bertz CT molecular complexity index is 793. The van der Waals surface area contributed by atoms with Gasteiger partial charge in [0.15, 0.2) is 0 Å². The standard InChI is InChI=1S/C11H10N4O4S/c12-20(18,19)8-3-1-2-7(4-8)15-11(17)9-5-14-10(16)6-13-9/h1-6H,(H,14,16)(H,15,17)(H2,12,18,19). The molecule has 104 valence electrons. The van der Waals surface area contributed by atoms with Gasteiger partial charge in [-0.2, -0.15) is 0 Å². The highest BCUT2D eigenvalue weighted by Gasteiger charge is 2.11. The van der Waals surface area contributed by atoms with Crippen LogP contribution in [0.15, 0.2) is 46.3 Å². The first-order valence-corrected chi connectivity index (χ1v) is 6.90. The summed E-state index contributed by atoms with van der Waals surface area (Å²) < 4.78 is 22.4. The highest BCUT2D eigenvalue weighted by atomic mass is 32.2. The number of benzene rings is 1.